The number of halogens is 1. The van der Waals surface area contributed by atoms with Crippen molar-refractivity contribution in [3.8, 4) is 6.07 Å². The zero-order valence-corrected chi connectivity index (χ0v) is 12.0. The van der Waals surface area contributed by atoms with Gasteiger partial charge in [0.2, 0.25) is 0 Å². The highest BCUT2D eigenvalue weighted by atomic mass is 32.1. The number of nitriles is 1. The van der Waals surface area contributed by atoms with Crippen molar-refractivity contribution in [2.75, 3.05) is 5.32 Å². The van der Waals surface area contributed by atoms with Crippen LogP contribution in [0.25, 0.3) is 0 Å². The van der Waals surface area contributed by atoms with Crippen LogP contribution < -0.4 is 5.32 Å². The normalized spacial score (nSPS) is 13.3. The Morgan fingerprint density at radius 2 is 2.24 bits per heavy atom. The summed E-state index contributed by atoms with van der Waals surface area (Å²) < 4.78 is 13.6. The minimum absolute atomic E-state index is 0.0692. The molecule has 1 N–H and O–H groups in total. The summed E-state index contributed by atoms with van der Waals surface area (Å²) in [5.74, 6) is -1.22. The maximum atomic E-state index is 13.6. The molecule has 106 valence electrons. The molecule has 0 aliphatic heterocycles. The number of rotatable bonds is 2. The molecule has 0 bridgehead atoms. The molecule has 2 heterocycles. The number of pyridine rings is 1. The van der Waals surface area contributed by atoms with Gasteiger partial charge in [0.15, 0.2) is 5.82 Å². The lowest BCUT2D eigenvalue weighted by Gasteiger charge is -2.09. The van der Waals surface area contributed by atoms with Crippen LogP contribution in [0.5, 0.6) is 0 Å². The zero-order chi connectivity index (χ0) is 14.8. The SMILES string of the molecule is N#Cc1c(NC(=O)c2ccncc2F)sc2c1CCCC2. The number of amides is 1. The highest BCUT2D eigenvalue weighted by Gasteiger charge is 2.22. The number of hydrogen-bond acceptors (Lipinski definition) is 4. The molecule has 21 heavy (non-hydrogen) atoms. The molecule has 2 aromatic rings. The third-order valence-electron chi connectivity index (χ3n) is 3.53. The molecule has 0 saturated heterocycles. The molecule has 3 rings (SSSR count). The number of thiophene rings is 1. The molecule has 0 radical (unpaired) electrons. The molecule has 0 atom stereocenters. The van der Waals surface area contributed by atoms with E-state index >= 15 is 0 Å². The first-order valence-electron chi connectivity index (χ1n) is 6.66. The van der Waals surface area contributed by atoms with Gasteiger partial charge in [0.1, 0.15) is 11.1 Å². The quantitative estimate of drug-likeness (QED) is 0.925. The number of fused-ring (bicyclic) bond motifs is 1. The van der Waals surface area contributed by atoms with E-state index < -0.39 is 11.7 Å². The van der Waals surface area contributed by atoms with E-state index in [-0.39, 0.29) is 5.56 Å². The molecule has 4 nitrogen and oxygen atoms in total. The predicted molar refractivity (Wildman–Crippen MR) is 77.8 cm³/mol. The van der Waals surface area contributed by atoms with Gasteiger partial charge in [-0.1, -0.05) is 0 Å². The summed E-state index contributed by atoms with van der Waals surface area (Å²) in [5, 5.41) is 12.5. The van der Waals surface area contributed by atoms with Crippen LogP contribution in [0.4, 0.5) is 9.39 Å². The van der Waals surface area contributed by atoms with E-state index in [9.17, 15) is 14.4 Å². The molecule has 0 unspecified atom stereocenters. The van der Waals surface area contributed by atoms with Crippen LogP contribution >= 0.6 is 11.3 Å². The van der Waals surface area contributed by atoms with Crippen LogP contribution in [0.1, 0.15) is 39.2 Å². The van der Waals surface area contributed by atoms with Crippen LogP contribution in [0.15, 0.2) is 18.5 Å². The Morgan fingerprint density at radius 3 is 3.00 bits per heavy atom. The van der Waals surface area contributed by atoms with Gasteiger partial charge in [-0.15, -0.1) is 11.3 Å². The zero-order valence-electron chi connectivity index (χ0n) is 11.1. The van der Waals surface area contributed by atoms with Crippen molar-refractivity contribution >= 4 is 22.2 Å². The van der Waals surface area contributed by atoms with Crippen molar-refractivity contribution in [1.29, 1.82) is 5.26 Å². The van der Waals surface area contributed by atoms with Gasteiger partial charge in [-0.2, -0.15) is 5.26 Å². The van der Waals surface area contributed by atoms with Crippen LogP contribution in [-0.4, -0.2) is 10.9 Å². The molecule has 0 aromatic carbocycles. The maximum absolute atomic E-state index is 13.6. The summed E-state index contributed by atoms with van der Waals surface area (Å²) in [6.45, 7) is 0. The molecule has 0 saturated carbocycles. The van der Waals surface area contributed by atoms with Gasteiger partial charge >= 0.3 is 0 Å². The summed E-state index contributed by atoms with van der Waals surface area (Å²) >= 11 is 1.42. The average Bonchev–Trinajstić information content (AvgIpc) is 2.84. The predicted octanol–water partition coefficient (Wildman–Crippen LogP) is 3.28. The highest BCUT2D eigenvalue weighted by Crippen LogP contribution is 2.37. The Labute approximate surface area is 125 Å². The van der Waals surface area contributed by atoms with Crippen LogP contribution in [0.2, 0.25) is 0 Å². The van der Waals surface area contributed by atoms with E-state index in [4.69, 9.17) is 0 Å². The van der Waals surface area contributed by atoms with E-state index in [1.807, 2.05) is 0 Å². The number of aryl methyl sites for hydroxylation is 1. The third kappa shape index (κ3) is 2.52. The second kappa shape index (κ2) is 5.62. The second-order valence-corrected chi connectivity index (χ2v) is 5.94. The van der Waals surface area contributed by atoms with Gasteiger partial charge in [-0.05, 0) is 37.3 Å². The third-order valence-corrected chi connectivity index (χ3v) is 4.73. The lowest BCUT2D eigenvalue weighted by Crippen LogP contribution is -2.13. The number of carbonyl (C=O) groups is 1. The van der Waals surface area contributed by atoms with Crippen molar-refractivity contribution < 1.29 is 9.18 Å². The molecule has 0 fully saturated rings. The second-order valence-electron chi connectivity index (χ2n) is 4.84. The molecule has 2 aromatic heterocycles. The number of nitrogens with zero attached hydrogens (tertiary/aromatic N) is 2. The lowest BCUT2D eigenvalue weighted by atomic mass is 9.96. The Bertz CT molecular complexity index is 748. The summed E-state index contributed by atoms with van der Waals surface area (Å²) in [5.41, 5.74) is 1.50. The maximum Gasteiger partial charge on any atom is 0.259 e. The Balaban J connectivity index is 1.92. The largest absolute Gasteiger partial charge is 0.312 e. The van der Waals surface area contributed by atoms with Crippen molar-refractivity contribution in [1.82, 2.24) is 4.98 Å². The minimum Gasteiger partial charge on any atom is -0.312 e. The van der Waals surface area contributed by atoms with Crippen LogP contribution in [0, 0.1) is 17.1 Å². The fraction of sp³-hybridized carbons (Fsp3) is 0.267. The number of carbonyl (C=O) groups excluding carboxylic acids is 1. The summed E-state index contributed by atoms with van der Waals surface area (Å²) in [6.07, 6.45) is 6.33. The average molecular weight is 301 g/mol. The number of anilines is 1. The van der Waals surface area contributed by atoms with Crippen LogP contribution in [-0.2, 0) is 12.8 Å². The number of nitrogens with one attached hydrogen (secondary N) is 1. The van der Waals surface area contributed by atoms with Gasteiger partial charge in [-0.3, -0.25) is 9.78 Å². The van der Waals surface area contributed by atoms with Gasteiger partial charge < -0.3 is 5.32 Å². The van der Waals surface area contributed by atoms with E-state index in [0.717, 1.165) is 42.3 Å². The van der Waals surface area contributed by atoms with Gasteiger partial charge in [-0.25, -0.2) is 4.39 Å². The first-order valence-corrected chi connectivity index (χ1v) is 7.48. The van der Waals surface area contributed by atoms with Gasteiger partial charge in [0.25, 0.3) is 5.91 Å². The van der Waals surface area contributed by atoms with Gasteiger partial charge in [0.05, 0.1) is 17.3 Å². The first kappa shape index (κ1) is 13.7. The molecular weight excluding hydrogens is 289 g/mol. The molecule has 1 aliphatic carbocycles. The molecule has 0 spiro atoms. The number of aromatic nitrogens is 1. The molecule has 1 aliphatic rings. The smallest absolute Gasteiger partial charge is 0.259 e. The first-order chi connectivity index (χ1) is 10.2. The summed E-state index contributed by atoms with van der Waals surface area (Å²) in [6, 6.07) is 3.49. The van der Waals surface area contributed by atoms with E-state index in [2.05, 4.69) is 16.4 Å². The number of hydrogen-bond donors (Lipinski definition) is 1. The van der Waals surface area contributed by atoms with Crippen molar-refractivity contribution in [2.24, 2.45) is 0 Å². The summed E-state index contributed by atoms with van der Waals surface area (Å²) in [4.78, 5) is 16.9. The minimum atomic E-state index is -0.671. The van der Waals surface area contributed by atoms with Crippen molar-refractivity contribution in [2.45, 2.75) is 25.7 Å². The van der Waals surface area contributed by atoms with Crippen LogP contribution in [0.3, 0.4) is 0 Å². The standard InChI is InChI=1S/C15H12FN3OS/c16-12-8-18-6-5-10(12)14(20)19-15-11(7-17)9-3-1-2-4-13(9)21-15/h5-6,8H,1-4H2,(H,19,20). The van der Waals surface area contributed by atoms with Gasteiger partial charge in [0, 0.05) is 11.1 Å². The monoisotopic (exact) mass is 301 g/mol. The molecule has 1 amide bonds. The molecular formula is C15H12FN3OS. The summed E-state index contributed by atoms with van der Waals surface area (Å²) in [7, 11) is 0. The lowest BCUT2D eigenvalue weighted by molar-refractivity contribution is 0.102. The Morgan fingerprint density at radius 1 is 1.43 bits per heavy atom. The highest BCUT2D eigenvalue weighted by molar-refractivity contribution is 7.16. The van der Waals surface area contributed by atoms with E-state index in [1.165, 1.54) is 23.6 Å². The fourth-order valence-electron chi connectivity index (χ4n) is 2.50. The van der Waals surface area contributed by atoms with E-state index in [1.54, 1.807) is 0 Å². The Hall–Kier alpha value is -2.26. The van der Waals surface area contributed by atoms with E-state index in [0.29, 0.717) is 10.6 Å². The topological polar surface area (TPSA) is 65.8 Å². The van der Waals surface area contributed by atoms with Crippen molar-refractivity contribution in [3.63, 3.8) is 0 Å². The Kier molecular flexibility index (Phi) is 3.67. The molecule has 6 heteroatoms. The van der Waals surface area contributed by atoms with Crippen molar-refractivity contribution in [3.05, 3.63) is 45.8 Å². The fourth-order valence-corrected chi connectivity index (χ4v) is 3.74.